The van der Waals surface area contributed by atoms with E-state index in [1.807, 2.05) is 12.1 Å². The maximum Gasteiger partial charge on any atom is 0.0485 e. The summed E-state index contributed by atoms with van der Waals surface area (Å²) in [4.78, 5) is 0. The summed E-state index contributed by atoms with van der Waals surface area (Å²) in [5.74, 6) is 0. The van der Waals surface area contributed by atoms with Crippen LogP contribution in [0.3, 0.4) is 0 Å². The molecule has 3 heteroatoms. The van der Waals surface area contributed by atoms with Gasteiger partial charge in [0.1, 0.15) is 0 Å². The normalized spacial score (nSPS) is 10.7. The highest BCUT2D eigenvalue weighted by atomic mass is 79.9. The number of thiophene rings is 1. The molecule has 0 aliphatic rings. The zero-order chi connectivity index (χ0) is 7.84. The summed E-state index contributed by atoms with van der Waals surface area (Å²) in [7, 11) is 0. The van der Waals surface area contributed by atoms with Gasteiger partial charge >= 0.3 is 0 Å². The lowest BCUT2D eigenvalue weighted by Gasteiger charge is -1.94. The van der Waals surface area contributed by atoms with E-state index in [2.05, 4.69) is 27.4 Å². The molecule has 0 unspecified atom stereocenters. The van der Waals surface area contributed by atoms with Gasteiger partial charge < -0.3 is 0 Å². The van der Waals surface area contributed by atoms with Gasteiger partial charge in [-0.2, -0.15) is 0 Å². The predicted octanol–water partition coefficient (Wildman–Crippen LogP) is 4.32. The summed E-state index contributed by atoms with van der Waals surface area (Å²) in [5, 5.41) is 4.04. The SMILES string of the molecule is Clc1cc(Br)c2sccc2c1. The molecule has 2 aromatic rings. The smallest absolute Gasteiger partial charge is 0.0485 e. The van der Waals surface area contributed by atoms with Gasteiger partial charge in [-0.25, -0.2) is 0 Å². The van der Waals surface area contributed by atoms with Gasteiger partial charge in [0.15, 0.2) is 0 Å². The molecule has 0 amide bonds. The quantitative estimate of drug-likeness (QED) is 0.650. The molecule has 0 atom stereocenters. The fourth-order valence-corrected chi connectivity index (χ4v) is 2.90. The fraction of sp³-hybridized carbons (Fsp3) is 0. The second-order valence-electron chi connectivity index (χ2n) is 2.23. The van der Waals surface area contributed by atoms with Gasteiger partial charge in [-0.1, -0.05) is 11.6 Å². The van der Waals surface area contributed by atoms with Gasteiger partial charge in [0.05, 0.1) is 0 Å². The third-order valence-electron chi connectivity index (χ3n) is 1.47. The van der Waals surface area contributed by atoms with Gasteiger partial charge in [-0.15, -0.1) is 11.3 Å². The van der Waals surface area contributed by atoms with Crippen LogP contribution in [0.2, 0.25) is 5.02 Å². The van der Waals surface area contributed by atoms with Crippen LogP contribution in [-0.2, 0) is 0 Å². The molecule has 11 heavy (non-hydrogen) atoms. The van der Waals surface area contributed by atoms with E-state index in [4.69, 9.17) is 11.6 Å². The maximum absolute atomic E-state index is 5.86. The van der Waals surface area contributed by atoms with E-state index < -0.39 is 0 Å². The molecule has 0 nitrogen and oxygen atoms in total. The van der Waals surface area contributed by atoms with Crippen LogP contribution < -0.4 is 0 Å². The highest BCUT2D eigenvalue weighted by Gasteiger charge is 2.00. The molecule has 0 aliphatic carbocycles. The van der Waals surface area contributed by atoms with Crippen molar-refractivity contribution in [2.75, 3.05) is 0 Å². The Labute approximate surface area is 81.9 Å². The van der Waals surface area contributed by atoms with Crippen LogP contribution in [0.15, 0.2) is 28.1 Å². The topological polar surface area (TPSA) is 0 Å². The minimum atomic E-state index is 0.780. The average molecular weight is 248 g/mol. The van der Waals surface area contributed by atoms with Gasteiger partial charge in [-0.05, 0) is 44.9 Å². The lowest BCUT2D eigenvalue weighted by atomic mass is 10.3. The summed E-state index contributed by atoms with van der Waals surface area (Å²) in [5.41, 5.74) is 0. The minimum absolute atomic E-state index is 0.780. The van der Waals surface area contributed by atoms with Crippen molar-refractivity contribution in [2.24, 2.45) is 0 Å². The van der Waals surface area contributed by atoms with Crippen molar-refractivity contribution < 1.29 is 0 Å². The first-order chi connectivity index (χ1) is 5.27. The Morgan fingerprint density at radius 3 is 3.00 bits per heavy atom. The molecular weight excluding hydrogens is 244 g/mol. The summed E-state index contributed by atoms with van der Waals surface area (Å²) in [6.45, 7) is 0. The Morgan fingerprint density at radius 1 is 1.36 bits per heavy atom. The Hall–Kier alpha value is -0.0500. The van der Waals surface area contributed by atoms with Crippen LogP contribution in [0.1, 0.15) is 0 Å². The van der Waals surface area contributed by atoms with Crippen LogP contribution in [0.5, 0.6) is 0 Å². The second kappa shape index (κ2) is 2.77. The summed E-state index contributed by atoms with van der Waals surface area (Å²) >= 11 is 11.0. The standard InChI is InChI=1S/C8H4BrClS/c9-7-4-6(10)3-5-1-2-11-8(5)7/h1-4H. The van der Waals surface area contributed by atoms with Crippen LogP contribution in [-0.4, -0.2) is 0 Å². The molecule has 56 valence electrons. The number of benzene rings is 1. The monoisotopic (exact) mass is 246 g/mol. The number of fused-ring (bicyclic) bond motifs is 1. The van der Waals surface area contributed by atoms with E-state index in [1.54, 1.807) is 11.3 Å². The molecule has 1 aromatic carbocycles. The molecule has 0 saturated heterocycles. The van der Waals surface area contributed by atoms with Gasteiger partial charge in [0.25, 0.3) is 0 Å². The Balaban J connectivity index is 2.91. The van der Waals surface area contributed by atoms with Gasteiger partial charge in [-0.3, -0.25) is 0 Å². The average Bonchev–Trinajstić information content (AvgIpc) is 2.34. The minimum Gasteiger partial charge on any atom is -0.143 e. The zero-order valence-electron chi connectivity index (χ0n) is 5.47. The van der Waals surface area contributed by atoms with Crippen molar-refractivity contribution in [3.05, 3.63) is 33.1 Å². The molecular formula is C8H4BrClS. The van der Waals surface area contributed by atoms with E-state index in [1.165, 1.54) is 10.1 Å². The van der Waals surface area contributed by atoms with Gasteiger partial charge in [0.2, 0.25) is 0 Å². The molecule has 0 saturated carbocycles. The van der Waals surface area contributed by atoms with Crippen molar-refractivity contribution >= 4 is 49.0 Å². The predicted molar refractivity (Wildman–Crippen MR) is 54.5 cm³/mol. The number of hydrogen-bond donors (Lipinski definition) is 0. The molecule has 1 aromatic heterocycles. The van der Waals surface area contributed by atoms with Crippen LogP contribution in [0.4, 0.5) is 0 Å². The largest absolute Gasteiger partial charge is 0.143 e. The third-order valence-corrected chi connectivity index (χ3v) is 3.54. The Morgan fingerprint density at radius 2 is 2.18 bits per heavy atom. The summed E-state index contributed by atoms with van der Waals surface area (Å²) in [6.07, 6.45) is 0. The summed E-state index contributed by atoms with van der Waals surface area (Å²) < 4.78 is 2.34. The van der Waals surface area contributed by atoms with E-state index in [0.29, 0.717) is 0 Å². The highest BCUT2D eigenvalue weighted by Crippen LogP contribution is 2.31. The molecule has 0 fully saturated rings. The van der Waals surface area contributed by atoms with Crippen LogP contribution >= 0.6 is 38.9 Å². The third kappa shape index (κ3) is 1.31. The Kier molecular flexibility index (Phi) is 1.91. The van der Waals surface area contributed by atoms with E-state index >= 15 is 0 Å². The van der Waals surface area contributed by atoms with Crippen molar-refractivity contribution in [3.8, 4) is 0 Å². The molecule has 2 rings (SSSR count). The molecule has 0 N–H and O–H groups in total. The number of hydrogen-bond acceptors (Lipinski definition) is 1. The fourth-order valence-electron chi connectivity index (χ4n) is 1.00. The van der Waals surface area contributed by atoms with Crippen molar-refractivity contribution in [3.63, 3.8) is 0 Å². The van der Waals surface area contributed by atoms with E-state index in [9.17, 15) is 0 Å². The van der Waals surface area contributed by atoms with Crippen LogP contribution in [0.25, 0.3) is 10.1 Å². The lowest BCUT2D eigenvalue weighted by Crippen LogP contribution is -1.66. The first-order valence-electron chi connectivity index (χ1n) is 3.09. The van der Waals surface area contributed by atoms with Crippen molar-refractivity contribution in [1.29, 1.82) is 0 Å². The maximum atomic E-state index is 5.86. The Bertz CT molecular complexity index is 394. The first-order valence-corrected chi connectivity index (χ1v) is 5.15. The molecule has 0 radical (unpaired) electrons. The molecule has 0 spiro atoms. The number of halogens is 2. The summed E-state index contributed by atoms with van der Waals surface area (Å²) in [6, 6.07) is 5.95. The van der Waals surface area contributed by atoms with Crippen LogP contribution in [0, 0.1) is 0 Å². The zero-order valence-corrected chi connectivity index (χ0v) is 8.63. The molecule has 0 bridgehead atoms. The van der Waals surface area contributed by atoms with E-state index in [0.717, 1.165) is 9.50 Å². The van der Waals surface area contributed by atoms with Gasteiger partial charge in [0, 0.05) is 14.2 Å². The molecule has 1 heterocycles. The van der Waals surface area contributed by atoms with E-state index in [-0.39, 0.29) is 0 Å². The molecule has 0 aliphatic heterocycles. The number of rotatable bonds is 0. The highest BCUT2D eigenvalue weighted by molar-refractivity contribution is 9.10. The van der Waals surface area contributed by atoms with Crippen molar-refractivity contribution in [2.45, 2.75) is 0 Å². The van der Waals surface area contributed by atoms with Crippen molar-refractivity contribution in [1.82, 2.24) is 0 Å². The lowest BCUT2D eigenvalue weighted by molar-refractivity contribution is 1.79. The second-order valence-corrected chi connectivity index (χ2v) is 4.43. The first kappa shape index (κ1) is 7.59.